The van der Waals surface area contributed by atoms with Gasteiger partial charge in [-0.05, 0) is 12.1 Å². The van der Waals surface area contributed by atoms with Crippen molar-refractivity contribution in [2.24, 2.45) is 0 Å². The first kappa shape index (κ1) is 17.4. The van der Waals surface area contributed by atoms with E-state index in [4.69, 9.17) is 0 Å². The lowest BCUT2D eigenvalue weighted by molar-refractivity contribution is -0.384. The average molecular weight is 344 g/mol. The highest BCUT2D eigenvalue weighted by molar-refractivity contribution is 6.04. The maximum Gasteiger partial charge on any atom is 0.411 e. The molecule has 1 amide bonds. The van der Waals surface area contributed by atoms with E-state index in [2.05, 4.69) is 15.2 Å². The van der Waals surface area contributed by atoms with E-state index in [0.29, 0.717) is 0 Å². The van der Waals surface area contributed by atoms with Crippen molar-refractivity contribution >= 4 is 17.3 Å². The van der Waals surface area contributed by atoms with Crippen molar-refractivity contribution in [2.75, 3.05) is 11.9 Å². The number of carbonyl (C=O) groups is 1. The van der Waals surface area contributed by atoms with Gasteiger partial charge in [-0.2, -0.15) is 18.3 Å². The van der Waals surface area contributed by atoms with Crippen LogP contribution >= 0.6 is 0 Å². The monoisotopic (exact) mass is 344 g/mol. The highest BCUT2D eigenvalue weighted by Gasteiger charge is 2.27. The van der Waals surface area contributed by atoms with Crippen LogP contribution in [-0.4, -0.2) is 33.4 Å². The molecule has 1 aromatic heterocycles. The lowest BCUT2D eigenvalue weighted by Gasteiger charge is -2.07. The molecule has 0 bridgehead atoms. The van der Waals surface area contributed by atoms with Gasteiger partial charge in [0.2, 0.25) is 0 Å². The van der Waals surface area contributed by atoms with Gasteiger partial charge in [0.25, 0.3) is 11.6 Å². The maximum absolute atomic E-state index is 12.0. The lowest BCUT2D eigenvalue weighted by Crippen LogP contribution is -2.18. The largest absolute Gasteiger partial charge is 0.411 e. The maximum atomic E-state index is 12.0. The minimum Gasteiger partial charge on any atom is -0.350 e. The van der Waals surface area contributed by atoms with Crippen LogP contribution in [0.25, 0.3) is 0 Å². The SMILES string of the molecule is O=C(Nc1cnn(COCC(F)(F)F)c1)c1ccc([N+](=O)[O-])cc1. The number of benzene rings is 1. The topological polar surface area (TPSA) is 99.3 Å². The number of amides is 1. The first-order chi connectivity index (χ1) is 11.2. The van der Waals surface area contributed by atoms with Gasteiger partial charge in [-0.25, -0.2) is 4.68 Å². The number of rotatable bonds is 6. The molecule has 0 unspecified atom stereocenters. The van der Waals surface area contributed by atoms with Gasteiger partial charge in [0.15, 0.2) is 0 Å². The summed E-state index contributed by atoms with van der Waals surface area (Å²) in [5.74, 6) is -0.541. The third-order valence-electron chi connectivity index (χ3n) is 2.72. The van der Waals surface area contributed by atoms with Crippen LogP contribution in [-0.2, 0) is 11.5 Å². The first-order valence-electron chi connectivity index (χ1n) is 6.47. The van der Waals surface area contributed by atoms with E-state index >= 15 is 0 Å². The summed E-state index contributed by atoms with van der Waals surface area (Å²) in [4.78, 5) is 21.9. The second-order valence-electron chi connectivity index (χ2n) is 4.62. The van der Waals surface area contributed by atoms with E-state index in [1.165, 1.54) is 36.7 Å². The number of hydrogen-bond donors (Lipinski definition) is 1. The molecule has 1 aromatic carbocycles. The summed E-state index contributed by atoms with van der Waals surface area (Å²) in [6, 6.07) is 4.93. The van der Waals surface area contributed by atoms with Crippen LogP contribution in [0.3, 0.4) is 0 Å². The molecule has 2 aromatic rings. The minimum atomic E-state index is -4.43. The number of ether oxygens (including phenoxy) is 1. The second-order valence-corrected chi connectivity index (χ2v) is 4.62. The molecule has 0 radical (unpaired) electrons. The summed E-state index contributed by atoms with van der Waals surface area (Å²) in [5, 5.41) is 16.7. The zero-order valence-electron chi connectivity index (χ0n) is 12.0. The predicted octanol–water partition coefficient (Wildman–Crippen LogP) is 2.58. The summed E-state index contributed by atoms with van der Waals surface area (Å²) in [7, 11) is 0. The Balaban J connectivity index is 1.91. The van der Waals surface area contributed by atoms with Gasteiger partial charge in [-0.1, -0.05) is 0 Å². The van der Waals surface area contributed by atoms with Crippen molar-refractivity contribution in [2.45, 2.75) is 12.9 Å². The van der Waals surface area contributed by atoms with E-state index < -0.39 is 30.3 Å². The molecule has 24 heavy (non-hydrogen) atoms. The number of nitro benzene ring substituents is 1. The van der Waals surface area contributed by atoms with Crippen LogP contribution in [0.15, 0.2) is 36.7 Å². The first-order valence-corrected chi connectivity index (χ1v) is 6.47. The standard InChI is InChI=1S/C13H11F3N4O4/c14-13(15,16)7-24-8-19-6-10(5-17-19)18-12(21)9-1-3-11(4-2-9)20(22)23/h1-6H,7-8H2,(H,18,21). The summed E-state index contributed by atoms with van der Waals surface area (Å²) in [5.41, 5.74) is 0.275. The van der Waals surface area contributed by atoms with Gasteiger partial charge in [0, 0.05) is 17.7 Å². The molecule has 11 heteroatoms. The number of nitrogens with one attached hydrogen (secondary N) is 1. The molecule has 0 fully saturated rings. The van der Waals surface area contributed by atoms with Crippen LogP contribution in [0.5, 0.6) is 0 Å². The number of aromatic nitrogens is 2. The molecule has 2 rings (SSSR count). The van der Waals surface area contributed by atoms with E-state index in [9.17, 15) is 28.1 Å². The second kappa shape index (κ2) is 7.08. The number of halogens is 3. The number of alkyl halides is 3. The Hall–Kier alpha value is -2.95. The van der Waals surface area contributed by atoms with Crippen LogP contribution < -0.4 is 5.32 Å². The third kappa shape index (κ3) is 5.05. The molecule has 128 valence electrons. The highest BCUT2D eigenvalue weighted by Crippen LogP contribution is 2.16. The van der Waals surface area contributed by atoms with Crippen molar-refractivity contribution in [3.8, 4) is 0 Å². The molecule has 0 atom stereocenters. The van der Waals surface area contributed by atoms with Crippen LogP contribution in [0, 0.1) is 10.1 Å². The van der Waals surface area contributed by atoms with Gasteiger partial charge < -0.3 is 10.1 Å². The normalized spacial score (nSPS) is 11.3. The number of nitro groups is 1. The van der Waals surface area contributed by atoms with Crippen molar-refractivity contribution in [1.29, 1.82) is 0 Å². The van der Waals surface area contributed by atoms with Crippen molar-refractivity contribution in [3.63, 3.8) is 0 Å². The Morgan fingerprint density at radius 2 is 2.00 bits per heavy atom. The molecule has 0 aliphatic rings. The zero-order valence-corrected chi connectivity index (χ0v) is 12.0. The molecular formula is C13H11F3N4O4. The van der Waals surface area contributed by atoms with Gasteiger partial charge >= 0.3 is 6.18 Å². The molecule has 0 aliphatic carbocycles. The highest BCUT2D eigenvalue weighted by atomic mass is 19.4. The summed E-state index contributed by atoms with van der Waals surface area (Å²) in [6.45, 7) is -1.83. The Morgan fingerprint density at radius 3 is 2.58 bits per heavy atom. The van der Waals surface area contributed by atoms with Crippen molar-refractivity contribution in [3.05, 3.63) is 52.3 Å². The number of anilines is 1. The van der Waals surface area contributed by atoms with Crippen LogP contribution in [0.2, 0.25) is 0 Å². The van der Waals surface area contributed by atoms with E-state index in [1.807, 2.05) is 0 Å². The number of hydrogen-bond acceptors (Lipinski definition) is 5. The van der Waals surface area contributed by atoms with Crippen molar-refractivity contribution in [1.82, 2.24) is 9.78 Å². The van der Waals surface area contributed by atoms with E-state index in [0.717, 1.165) is 4.68 Å². The fourth-order valence-corrected chi connectivity index (χ4v) is 1.69. The Kier molecular flexibility index (Phi) is 5.14. The lowest BCUT2D eigenvalue weighted by atomic mass is 10.2. The molecule has 1 N–H and O–H groups in total. The number of nitrogens with zero attached hydrogens (tertiary/aromatic N) is 3. The Labute approximate surface area is 133 Å². The number of non-ortho nitro benzene ring substituents is 1. The smallest absolute Gasteiger partial charge is 0.350 e. The zero-order chi connectivity index (χ0) is 17.7. The number of carbonyl (C=O) groups excluding carboxylic acids is 1. The minimum absolute atomic E-state index is 0.152. The molecule has 0 saturated heterocycles. The van der Waals surface area contributed by atoms with Gasteiger partial charge in [-0.15, -0.1) is 0 Å². The molecule has 1 heterocycles. The third-order valence-corrected chi connectivity index (χ3v) is 2.72. The fraction of sp³-hybridized carbons (Fsp3) is 0.231. The fourth-order valence-electron chi connectivity index (χ4n) is 1.69. The quantitative estimate of drug-likeness (QED) is 0.641. The summed E-state index contributed by atoms with van der Waals surface area (Å²) >= 11 is 0. The van der Waals surface area contributed by atoms with E-state index in [-0.39, 0.29) is 16.9 Å². The van der Waals surface area contributed by atoms with E-state index in [1.54, 1.807) is 0 Å². The average Bonchev–Trinajstić information content (AvgIpc) is 2.93. The van der Waals surface area contributed by atoms with Crippen molar-refractivity contribution < 1.29 is 27.6 Å². The Bertz CT molecular complexity index is 728. The molecule has 0 spiro atoms. The molecular weight excluding hydrogens is 333 g/mol. The van der Waals surface area contributed by atoms with Gasteiger partial charge in [-0.3, -0.25) is 14.9 Å². The van der Waals surface area contributed by atoms with Gasteiger partial charge in [0.1, 0.15) is 13.3 Å². The van der Waals surface area contributed by atoms with Crippen LogP contribution in [0.4, 0.5) is 24.5 Å². The molecule has 8 nitrogen and oxygen atoms in total. The predicted molar refractivity (Wildman–Crippen MR) is 75.3 cm³/mol. The summed E-state index contributed by atoms with van der Waals surface area (Å²) < 4.78 is 41.3. The van der Waals surface area contributed by atoms with Gasteiger partial charge in [0.05, 0.1) is 23.0 Å². The molecule has 0 aliphatic heterocycles. The molecule has 0 saturated carbocycles. The van der Waals surface area contributed by atoms with Crippen LogP contribution in [0.1, 0.15) is 10.4 Å². The Morgan fingerprint density at radius 1 is 1.33 bits per heavy atom. The summed E-state index contributed by atoms with van der Waals surface area (Å²) in [6.07, 6.45) is -1.90.